The average molecular weight is 360 g/mol. The monoisotopic (exact) mass is 360 g/mol. The molecule has 25 heavy (non-hydrogen) atoms. The minimum absolute atomic E-state index is 0.302. The van der Waals surface area contributed by atoms with Crippen LogP contribution in [0.3, 0.4) is 0 Å². The molecule has 0 N–H and O–H groups in total. The quantitative estimate of drug-likeness (QED) is 0.500. The maximum Gasteiger partial charge on any atom is 0.357 e. The Morgan fingerprint density at radius 1 is 1.00 bits per heavy atom. The van der Waals surface area contributed by atoms with E-state index in [4.69, 9.17) is 13.8 Å². The summed E-state index contributed by atoms with van der Waals surface area (Å²) in [5, 5.41) is 0.920. The van der Waals surface area contributed by atoms with E-state index in [0.29, 0.717) is 36.9 Å². The van der Waals surface area contributed by atoms with E-state index in [0.717, 1.165) is 23.0 Å². The normalized spacial score (nSPS) is 29.7. The first-order chi connectivity index (χ1) is 12.1. The fraction of sp³-hybridized carbons (Fsp3) is 0.500. The Labute approximate surface area is 149 Å². The molecule has 1 fully saturated rings. The molecule has 0 saturated heterocycles. The molecule has 4 atom stereocenters. The summed E-state index contributed by atoms with van der Waals surface area (Å²) in [5.41, 5.74) is 2.28. The Bertz CT molecular complexity index is 754. The molecule has 0 radical (unpaired) electrons. The number of benzene rings is 1. The lowest BCUT2D eigenvalue weighted by Crippen LogP contribution is -2.34. The van der Waals surface area contributed by atoms with Gasteiger partial charge in [0, 0.05) is 5.92 Å². The first-order valence-corrected chi connectivity index (χ1v) is 10.6. The average Bonchev–Trinajstić information content (AvgIpc) is 3.14. The number of methoxy groups -OCH3 is 1. The minimum atomic E-state index is -3.25. The third-order valence-electron chi connectivity index (χ3n) is 5.68. The molecule has 0 heterocycles. The highest BCUT2D eigenvalue weighted by molar-refractivity contribution is 7.59. The molecule has 1 saturated carbocycles. The second-order valence-corrected chi connectivity index (χ2v) is 8.85. The highest BCUT2D eigenvalue weighted by atomic mass is 31.2. The van der Waals surface area contributed by atoms with Gasteiger partial charge in [0.1, 0.15) is 5.75 Å². The zero-order valence-corrected chi connectivity index (χ0v) is 15.9. The van der Waals surface area contributed by atoms with Gasteiger partial charge in [-0.2, -0.15) is 0 Å². The lowest BCUT2D eigenvalue weighted by Gasteiger charge is -2.45. The highest BCUT2D eigenvalue weighted by Gasteiger charge is 2.60. The number of rotatable bonds is 7. The summed E-state index contributed by atoms with van der Waals surface area (Å²) < 4.78 is 30.3. The summed E-state index contributed by atoms with van der Waals surface area (Å²) in [5.74, 6) is 2.59. The summed E-state index contributed by atoms with van der Waals surface area (Å²) >= 11 is 0. The maximum atomic E-state index is 13.6. The van der Waals surface area contributed by atoms with Crippen LogP contribution in [-0.4, -0.2) is 20.3 Å². The predicted octanol–water partition coefficient (Wildman–Crippen LogP) is 5.12. The molecular weight excluding hydrogens is 335 g/mol. The van der Waals surface area contributed by atoms with Gasteiger partial charge in [-0.05, 0) is 61.3 Å². The van der Waals surface area contributed by atoms with Crippen LogP contribution < -0.4 is 4.74 Å². The molecule has 1 aromatic carbocycles. The fourth-order valence-corrected chi connectivity index (χ4v) is 7.12. The maximum absolute atomic E-state index is 13.6. The number of ether oxygens (including phenoxy) is 1. The van der Waals surface area contributed by atoms with Gasteiger partial charge in [-0.1, -0.05) is 24.3 Å². The van der Waals surface area contributed by atoms with E-state index in [9.17, 15) is 4.57 Å². The van der Waals surface area contributed by atoms with Gasteiger partial charge in [0.15, 0.2) is 0 Å². The SMILES string of the molecule is CCOP(=O)(OCC)C1=C(c2ccc(OC)cc2)[C@@H]2[C@H]1[C@H]1C=C[C@@H]2C1. The fourth-order valence-electron chi connectivity index (χ4n) is 4.80. The van der Waals surface area contributed by atoms with Crippen molar-refractivity contribution in [1.82, 2.24) is 0 Å². The zero-order chi connectivity index (χ0) is 17.6. The topological polar surface area (TPSA) is 44.8 Å². The Hall–Kier alpha value is -1.35. The van der Waals surface area contributed by atoms with Crippen molar-refractivity contribution in [1.29, 1.82) is 0 Å². The van der Waals surface area contributed by atoms with Crippen LogP contribution in [0.1, 0.15) is 25.8 Å². The molecule has 1 aromatic rings. The second-order valence-electron chi connectivity index (χ2n) is 6.86. The van der Waals surface area contributed by atoms with Crippen LogP contribution in [-0.2, 0) is 13.6 Å². The van der Waals surface area contributed by atoms with Gasteiger partial charge < -0.3 is 13.8 Å². The molecule has 2 bridgehead atoms. The zero-order valence-electron chi connectivity index (χ0n) is 15.0. The molecule has 4 rings (SSSR count). The highest BCUT2D eigenvalue weighted by Crippen LogP contribution is 2.75. The molecule has 3 aliphatic rings. The van der Waals surface area contributed by atoms with Gasteiger partial charge in [-0.15, -0.1) is 0 Å². The first kappa shape index (κ1) is 17.1. The van der Waals surface area contributed by atoms with E-state index in [1.807, 2.05) is 26.0 Å². The summed E-state index contributed by atoms with van der Waals surface area (Å²) in [6, 6.07) is 8.04. The number of allylic oxidation sites excluding steroid dienone is 4. The van der Waals surface area contributed by atoms with Crippen LogP contribution >= 0.6 is 7.60 Å². The van der Waals surface area contributed by atoms with Crippen LogP contribution in [0.25, 0.3) is 5.57 Å². The number of hydrogen-bond acceptors (Lipinski definition) is 4. The van der Waals surface area contributed by atoms with E-state index in [2.05, 4.69) is 24.3 Å². The third-order valence-corrected chi connectivity index (χ3v) is 8.00. The molecule has 0 amide bonds. The van der Waals surface area contributed by atoms with Crippen molar-refractivity contribution in [3.63, 3.8) is 0 Å². The van der Waals surface area contributed by atoms with Crippen LogP contribution in [0.15, 0.2) is 41.7 Å². The van der Waals surface area contributed by atoms with Crippen molar-refractivity contribution in [2.24, 2.45) is 23.7 Å². The van der Waals surface area contributed by atoms with E-state index < -0.39 is 7.60 Å². The smallest absolute Gasteiger partial charge is 0.357 e. The summed E-state index contributed by atoms with van der Waals surface area (Å²) in [6.45, 7) is 4.52. The Morgan fingerprint density at radius 2 is 1.60 bits per heavy atom. The predicted molar refractivity (Wildman–Crippen MR) is 98.5 cm³/mol. The second kappa shape index (κ2) is 6.42. The molecule has 4 nitrogen and oxygen atoms in total. The minimum Gasteiger partial charge on any atom is -0.497 e. The molecule has 0 unspecified atom stereocenters. The van der Waals surface area contributed by atoms with E-state index in [1.54, 1.807) is 7.11 Å². The van der Waals surface area contributed by atoms with Crippen molar-refractivity contribution in [3.8, 4) is 5.75 Å². The molecule has 0 spiro atoms. The van der Waals surface area contributed by atoms with Crippen LogP contribution in [0.5, 0.6) is 5.75 Å². The summed E-state index contributed by atoms with van der Waals surface area (Å²) in [7, 11) is -1.58. The van der Waals surface area contributed by atoms with Gasteiger partial charge in [-0.3, -0.25) is 4.57 Å². The van der Waals surface area contributed by atoms with Crippen LogP contribution in [0, 0.1) is 23.7 Å². The number of hydrogen-bond donors (Lipinski definition) is 0. The van der Waals surface area contributed by atoms with E-state index in [-0.39, 0.29) is 0 Å². The summed E-state index contributed by atoms with van der Waals surface area (Å²) in [6.07, 6.45) is 5.77. The lowest BCUT2D eigenvalue weighted by molar-refractivity contribution is 0.217. The van der Waals surface area contributed by atoms with Crippen molar-refractivity contribution in [2.75, 3.05) is 20.3 Å². The van der Waals surface area contributed by atoms with Gasteiger partial charge >= 0.3 is 7.60 Å². The lowest BCUT2D eigenvalue weighted by atomic mass is 9.66. The Balaban J connectivity index is 1.81. The van der Waals surface area contributed by atoms with Gasteiger partial charge in [0.05, 0.1) is 25.6 Å². The van der Waals surface area contributed by atoms with Crippen molar-refractivity contribution in [2.45, 2.75) is 20.3 Å². The Kier molecular flexibility index (Phi) is 4.39. The first-order valence-electron chi connectivity index (χ1n) is 9.09. The third kappa shape index (κ3) is 2.54. The van der Waals surface area contributed by atoms with Gasteiger partial charge in [-0.25, -0.2) is 0 Å². The van der Waals surface area contributed by atoms with Crippen LogP contribution in [0.4, 0.5) is 0 Å². The molecule has 134 valence electrons. The van der Waals surface area contributed by atoms with Gasteiger partial charge in [0.2, 0.25) is 0 Å². The van der Waals surface area contributed by atoms with Crippen molar-refractivity contribution >= 4 is 13.2 Å². The molecular formula is C20H25O4P. The Morgan fingerprint density at radius 3 is 2.16 bits per heavy atom. The van der Waals surface area contributed by atoms with E-state index >= 15 is 0 Å². The molecule has 0 aromatic heterocycles. The molecule has 5 heteroatoms. The molecule has 0 aliphatic heterocycles. The summed E-state index contributed by atoms with van der Waals surface area (Å²) in [4.78, 5) is 0. The largest absolute Gasteiger partial charge is 0.497 e. The number of fused-ring (bicyclic) bond motifs is 5. The van der Waals surface area contributed by atoms with Crippen molar-refractivity contribution in [3.05, 3.63) is 47.3 Å². The molecule has 3 aliphatic carbocycles. The van der Waals surface area contributed by atoms with E-state index in [1.165, 1.54) is 5.57 Å². The standard InChI is InChI=1S/C20H25O4P/c1-4-23-25(21,24-5-2)20-18(13-8-10-16(22-3)11-9-13)17-14-6-7-15(12-14)19(17)20/h6-11,14-15,17,19H,4-5,12H2,1-3H3/t14-,15+,17-,19-/m1/s1. The van der Waals surface area contributed by atoms with Gasteiger partial charge in [0.25, 0.3) is 0 Å². The van der Waals surface area contributed by atoms with Crippen molar-refractivity contribution < 1.29 is 18.3 Å². The van der Waals surface area contributed by atoms with Crippen LogP contribution in [0.2, 0.25) is 0 Å².